The third kappa shape index (κ3) is 5.90. The molecule has 0 N–H and O–H groups in total. The average Bonchev–Trinajstić information content (AvgIpc) is 2.85. The Morgan fingerprint density at radius 3 is 2.64 bits per heavy atom. The topological polar surface area (TPSA) is 30.3 Å². The molecule has 0 radical (unpaired) electrons. The summed E-state index contributed by atoms with van der Waals surface area (Å²) in [6.45, 7) is 13.4. The van der Waals surface area contributed by atoms with Crippen molar-refractivity contribution in [2.75, 3.05) is 20.2 Å². The van der Waals surface area contributed by atoms with Crippen LogP contribution in [0.1, 0.15) is 19.5 Å². The highest BCUT2D eigenvalue weighted by Gasteiger charge is 2.15. The number of rotatable bonds is 9. The molecule has 4 nitrogen and oxygen atoms in total. The van der Waals surface area contributed by atoms with E-state index < -0.39 is 8.07 Å². The molecule has 0 unspecified atom stereocenters. The van der Waals surface area contributed by atoms with E-state index in [4.69, 9.17) is 9.84 Å². The second-order valence-electron chi connectivity index (χ2n) is 8.28. The van der Waals surface area contributed by atoms with Gasteiger partial charge in [-0.25, -0.2) is 9.07 Å². The first-order valence-electron chi connectivity index (χ1n) is 9.10. The molecular weight excluding hydrogens is 333 g/mol. The summed E-state index contributed by atoms with van der Waals surface area (Å²) in [6.07, 6.45) is 0.802. The summed E-state index contributed by atoms with van der Waals surface area (Å²) >= 11 is 0. The van der Waals surface area contributed by atoms with Crippen molar-refractivity contribution in [3.05, 3.63) is 29.7 Å². The first kappa shape index (κ1) is 20.1. The van der Waals surface area contributed by atoms with Crippen molar-refractivity contribution < 1.29 is 9.13 Å². The maximum absolute atomic E-state index is 13.7. The number of likely N-dealkylation sites (N-methyl/N-ethyl adjacent to an activating group) is 1. The SMILES string of the molecule is CC(C)N(C)CCc1nn(COCC[Si](C)(C)C)c2ccc(F)cc12. The van der Waals surface area contributed by atoms with E-state index >= 15 is 0 Å². The highest BCUT2D eigenvalue weighted by Crippen LogP contribution is 2.21. The second-order valence-corrected chi connectivity index (χ2v) is 13.9. The number of ether oxygens (including phenoxy) is 1. The minimum atomic E-state index is -1.10. The number of hydrogen-bond acceptors (Lipinski definition) is 3. The van der Waals surface area contributed by atoms with Crippen LogP contribution >= 0.6 is 0 Å². The Kier molecular flexibility index (Phi) is 6.77. The number of hydrogen-bond donors (Lipinski definition) is 0. The van der Waals surface area contributed by atoms with Crippen molar-refractivity contribution in [3.8, 4) is 0 Å². The summed E-state index contributed by atoms with van der Waals surface area (Å²) in [5.41, 5.74) is 1.88. The lowest BCUT2D eigenvalue weighted by Gasteiger charge is -2.20. The summed E-state index contributed by atoms with van der Waals surface area (Å²) in [6, 6.07) is 6.50. The molecule has 0 amide bonds. The van der Waals surface area contributed by atoms with E-state index in [-0.39, 0.29) is 5.82 Å². The lowest BCUT2D eigenvalue weighted by atomic mass is 10.1. The van der Waals surface area contributed by atoms with Crippen molar-refractivity contribution in [2.45, 2.75) is 58.7 Å². The quantitative estimate of drug-likeness (QED) is 0.488. The minimum Gasteiger partial charge on any atom is -0.360 e. The van der Waals surface area contributed by atoms with E-state index in [2.05, 4.69) is 45.4 Å². The summed E-state index contributed by atoms with van der Waals surface area (Å²) in [4.78, 5) is 2.27. The molecule has 1 aromatic carbocycles. The Morgan fingerprint density at radius 1 is 1.28 bits per heavy atom. The predicted molar refractivity (Wildman–Crippen MR) is 105 cm³/mol. The van der Waals surface area contributed by atoms with Crippen LogP contribution in [0, 0.1) is 5.82 Å². The fraction of sp³-hybridized carbons (Fsp3) is 0.632. The van der Waals surface area contributed by atoms with Crippen LogP contribution in [0.15, 0.2) is 18.2 Å². The van der Waals surface area contributed by atoms with E-state index in [1.807, 2.05) is 4.68 Å². The number of halogens is 1. The van der Waals surface area contributed by atoms with Gasteiger partial charge in [-0.1, -0.05) is 19.6 Å². The van der Waals surface area contributed by atoms with E-state index in [9.17, 15) is 4.39 Å². The van der Waals surface area contributed by atoms with Crippen LogP contribution in [0.25, 0.3) is 10.9 Å². The van der Waals surface area contributed by atoms with Crippen LogP contribution in [-0.2, 0) is 17.9 Å². The van der Waals surface area contributed by atoms with Gasteiger partial charge < -0.3 is 9.64 Å². The van der Waals surface area contributed by atoms with Gasteiger partial charge in [-0.15, -0.1) is 0 Å². The Bertz CT molecular complexity index is 694. The Labute approximate surface area is 152 Å². The zero-order valence-corrected chi connectivity index (χ0v) is 17.5. The lowest BCUT2D eigenvalue weighted by Crippen LogP contribution is -2.28. The molecule has 0 fully saturated rings. The fourth-order valence-corrected chi connectivity index (χ4v) is 3.33. The van der Waals surface area contributed by atoms with Gasteiger partial charge in [-0.2, -0.15) is 5.10 Å². The summed E-state index contributed by atoms with van der Waals surface area (Å²) < 4.78 is 21.4. The zero-order valence-electron chi connectivity index (χ0n) is 16.5. The minimum absolute atomic E-state index is 0.217. The second kappa shape index (κ2) is 8.43. The molecule has 0 aliphatic rings. The molecule has 25 heavy (non-hydrogen) atoms. The number of benzene rings is 1. The molecule has 0 aliphatic heterocycles. The molecule has 0 saturated carbocycles. The van der Waals surface area contributed by atoms with Gasteiger partial charge in [0.05, 0.1) is 11.2 Å². The standard InChI is InChI=1S/C19H32FN3OSi/c1-15(2)22(3)10-9-18-17-13-16(20)7-8-19(17)23(21-18)14-24-11-12-25(4,5)6/h7-8,13,15H,9-12,14H2,1-6H3. The molecule has 0 bridgehead atoms. The first-order valence-corrected chi connectivity index (χ1v) is 12.8. The van der Waals surface area contributed by atoms with Crippen LogP contribution in [0.3, 0.4) is 0 Å². The highest BCUT2D eigenvalue weighted by molar-refractivity contribution is 6.76. The van der Waals surface area contributed by atoms with Gasteiger partial charge in [0.15, 0.2) is 0 Å². The Balaban J connectivity index is 2.12. The summed E-state index contributed by atoms with van der Waals surface area (Å²) in [7, 11) is 1.00. The van der Waals surface area contributed by atoms with Gasteiger partial charge in [0.25, 0.3) is 0 Å². The third-order valence-electron chi connectivity index (χ3n) is 4.58. The summed E-state index contributed by atoms with van der Waals surface area (Å²) in [5, 5.41) is 5.60. The molecule has 0 saturated heterocycles. The smallest absolute Gasteiger partial charge is 0.140 e. The van der Waals surface area contributed by atoms with E-state index in [0.29, 0.717) is 12.8 Å². The van der Waals surface area contributed by atoms with Crippen molar-refractivity contribution in [2.24, 2.45) is 0 Å². The van der Waals surface area contributed by atoms with Crippen LogP contribution in [0.5, 0.6) is 0 Å². The van der Waals surface area contributed by atoms with Crippen molar-refractivity contribution in [1.82, 2.24) is 14.7 Å². The predicted octanol–water partition coefficient (Wildman–Crippen LogP) is 4.37. The van der Waals surface area contributed by atoms with Crippen molar-refractivity contribution in [3.63, 3.8) is 0 Å². The van der Waals surface area contributed by atoms with Gasteiger partial charge in [-0.05, 0) is 45.1 Å². The third-order valence-corrected chi connectivity index (χ3v) is 6.29. The molecule has 2 rings (SSSR count). The molecule has 0 spiro atoms. The normalized spacial score (nSPS) is 12.7. The Morgan fingerprint density at radius 2 is 2.00 bits per heavy atom. The monoisotopic (exact) mass is 365 g/mol. The van der Waals surface area contributed by atoms with Crippen molar-refractivity contribution in [1.29, 1.82) is 0 Å². The number of fused-ring (bicyclic) bond motifs is 1. The zero-order chi connectivity index (χ0) is 18.6. The van der Waals surface area contributed by atoms with Crippen LogP contribution < -0.4 is 0 Å². The van der Waals surface area contributed by atoms with E-state index in [0.717, 1.165) is 42.2 Å². The van der Waals surface area contributed by atoms with Crippen LogP contribution in [-0.4, -0.2) is 49.0 Å². The molecular formula is C19H32FN3OSi. The molecule has 1 heterocycles. The van der Waals surface area contributed by atoms with Gasteiger partial charge in [0, 0.05) is 39.1 Å². The van der Waals surface area contributed by atoms with Gasteiger partial charge in [0.1, 0.15) is 12.5 Å². The van der Waals surface area contributed by atoms with Gasteiger partial charge in [0.2, 0.25) is 0 Å². The molecule has 6 heteroatoms. The molecule has 0 aliphatic carbocycles. The van der Waals surface area contributed by atoms with Crippen LogP contribution in [0.4, 0.5) is 4.39 Å². The maximum atomic E-state index is 13.7. The molecule has 1 aromatic heterocycles. The maximum Gasteiger partial charge on any atom is 0.140 e. The van der Waals surface area contributed by atoms with Crippen molar-refractivity contribution >= 4 is 19.0 Å². The highest BCUT2D eigenvalue weighted by atomic mass is 28.3. The largest absolute Gasteiger partial charge is 0.360 e. The van der Waals surface area contributed by atoms with E-state index in [1.165, 1.54) is 6.07 Å². The lowest BCUT2D eigenvalue weighted by molar-refractivity contribution is 0.0813. The number of aromatic nitrogens is 2. The van der Waals surface area contributed by atoms with Gasteiger partial charge in [-0.3, -0.25) is 0 Å². The Hall–Kier alpha value is -1.24. The van der Waals surface area contributed by atoms with Gasteiger partial charge >= 0.3 is 0 Å². The molecule has 0 atom stereocenters. The number of nitrogens with zero attached hydrogens (tertiary/aromatic N) is 3. The van der Waals surface area contributed by atoms with Crippen LogP contribution in [0.2, 0.25) is 25.7 Å². The summed E-state index contributed by atoms with van der Waals surface area (Å²) in [5.74, 6) is -0.217. The fourth-order valence-electron chi connectivity index (χ4n) is 2.57. The average molecular weight is 366 g/mol. The van der Waals surface area contributed by atoms with E-state index in [1.54, 1.807) is 12.1 Å². The molecule has 2 aromatic rings. The first-order chi connectivity index (χ1) is 11.7. The molecule has 140 valence electrons.